The number of ether oxygens (including phenoxy) is 2. The van der Waals surface area contributed by atoms with E-state index >= 15 is 0 Å². The average Bonchev–Trinajstić information content (AvgIpc) is 3.06. The molecule has 1 saturated heterocycles. The molecule has 2 N–H and O–H groups in total. The Hall–Kier alpha value is -2.74. The number of aromatic hydroxyl groups is 1. The van der Waals surface area contributed by atoms with Crippen molar-refractivity contribution in [3.63, 3.8) is 0 Å². The number of thioether (sulfide) groups is 1. The molecule has 3 heterocycles. The van der Waals surface area contributed by atoms with Crippen LogP contribution in [-0.2, 0) is 17.6 Å². The number of amides is 2. The van der Waals surface area contributed by atoms with Crippen LogP contribution in [-0.4, -0.2) is 38.7 Å². The Labute approximate surface area is 185 Å². The van der Waals surface area contributed by atoms with Crippen LogP contribution in [0.25, 0.3) is 0 Å². The fourth-order valence-corrected chi connectivity index (χ4v) is 4.84. The van der Waals surface area contributed by atoms with Crippen molar-refractivity contribution in [1.29, 1.82) is 0 Å². The maximum Gasteiger partial charge on any atom is 0.286 e. The summed E-state index contributed by atoms with van der Waals surface area (Å²) in [5.74, 6) is 1.41. The molecule has 8 heteroatoms. The molecule has 2 aliphatic heterocycles. The van der Waals surface area contributed by atoms with Crippen molar-refractivity contribution < 1.29 is 24.2 Å². The number of benzene rings is 1. The molecule has 4 rings (SSSR count). The molecule has 0 radical (unpaired) electrons. The molecule has 2 aliphatic rings. The van der Waals surface area contributed by atoms with E-state index < -0.39 is 10.9 Å². The Bertz CT molecular complexity index is 1050. The monoisotopic (exact) mass is 442 g/mol. The van der Waals surface area contributed by atoms with Gasteiger partial charge in [0, 0.05) is 17.8 Å². The molecule has 0 saturated carbocycles. The summed E-state index contributed by atoms with van der Waals surface area (Å²) >= 11 is 1.01. The summed E-state index contributed by atoms with van der Waals surface area (Å²) in [4.78, 5) is 27.4. The zero-order valence-electron chi connectivity index (χ0n) is 18.1. The summed E-state index contributed by atoms with van der Waals surface area (Å²) in [5.41, 5.74) is 4.10. The smallest absolute Gasteiger partial charge is 0.286 e. The summed E-state index contributed by atoms with van der Waals surface area (Å²) < 4.78 is 12.3. The number of phenols is 1. The highest BCUT2D eigenvalue weighted by Gasteiger charge is 2.35. The van der Waals surface area contributed by atoms with Crippen molar-refractivity contribution in [2.75, 3.05) is 6.61 Å². The van der Waals surface area contributed by atoms with E-state index in [4.69, 9.17) is 9.47 Å². The van der Waals surface area contributed by atoms with Gasteiger partial charge in [0.05, 0.1) is 5.25 Å². The van der Waals surface area contributed by atoms with Crippen molar-refractivity contribution in [3.05, 3.63) is 46.1 Å². The van der Waals surface area contributed by atoms with Crippen LogP contribution in [0.15, 0.2) is 18.3 Å². The Morgan fingerprint density at radius 3 is 2.68 bits per heavy atom. The first kappa shape index (κ1) is 21.5. The minimum absolute atomic E-state index is 0.257. The molecule has 2 atom stereocenters. The predicted octanol–water partition coefficient (Wildman–Crippen LogP) is 3.77. The minimum atomic E-state index is -0.507. The third kappa shape index (κ3) is 4.21. The molecule has 7 nitrogen and oxygen atoms in total. The molecule has 0 bridgehead atoms. The van der Waals surface area contributed by atoms with E-state index in [1.54, 1.807) is 12.3 Å². The quantitative estimate of drug-likeness (QED) is 0.727. The van der Waals surface area contributed by atoms with Gasteiger partial charge in [0.2, 0.25) is 11.8 Å². The van der Waals surface area contributed by atoms with Gasteiger partial charge in [-0.05, 0) is 69.2 Å². The Morgan fingerprint density at radius 1 is 1.26 bits per heavy atom. The van der Waals surface area contributed by atoms with Crippen molar-refractivity contribution in [3.8, 4) is 17.4 Å². The first-order valence-corrected chi connectivity index (χ1v) is 11.1. The SMILES string of the molecule is Cc1c(C)c2c(c(C)c1O)CCC(C)(COc1ccc(CC3SC(=O)NC3=O)cn1)O2. The van der Waals surface area contributed by atoms with Crippen LogP contribution in [0, 0.1) is 20.8 Å². The molecule has 0 aliphatic carbocycles. The number of aromatic nitrogens is 1. The highest BCUT2D eigenvalue weighted by molar-refractivity contribution is 8.15. The van der Waals surface area contributed by atoms with Crippen molar-refractivity contribution >= 4 is 22.9 Å². The Morgan fingerprint density at radius 2 is 2.03 bits per heavy atom. The lowest BCUT2D eigenvalue weighted by atomic mass is 9.87. The molecule has 2 unspecified atom stereocenters. The van der Waals surface area contributed by atoms with Crippen molar-refractivity contribution in [2.45, 2.75) is 57.8 Å². The number of rotatable bonds is 5. The Balaban J connectivity index is 1.41. The van der Waals surface area contributed by atoms with Gasteiger partial charge in [-0.25, -0.2) is 4.98 Å². The van der Waals surface area contributed by atoms with Gasteiger partial charge in [-0.15, -0.1) is 0 Å². The molecule has 2 aromatic rings. The summed E-state index contributed by atoms with van der Waals surface area (Å²) in [5, 5.41) is 11.9. The van der Waals surface area contributed by atoms with Gasteiger partial charge in [-0.3, -0.25) is 14.9 Å². The molecule has 164 valence electrons. The topological polar surface area (TPSA) is 97.8 Å². The van der Waals surface area contributed by atoms with Crippen molar-refractivity contribution in [2.24, 2.45) is 0 Å². The van der Waals surface area contributed by atoms with Gasteiger partial charge in [-0.1, -0.05) is 17.8 Å². The molecule has 1 fully saturated rings. The third-order valence-electron chi connectivity index (χ3n) is 6.10. The molecule has 0 spiro atoms. The zero-order valence-corrected chi connectivity index (χ0v) is 18.9. The summed E-state index contributed by atoms with van der Waals surface area (Å²) in [6, 6.07) is 3.63. The van der Waals surface area contributed by atoms with Crippen molar-refractivity contribution in [1.82, 2.24) is 10.3 Å². The highest BCUT2D eigenvalue weighted by atomic mass is 32.2. The number of phenolic OH excluding ortho intramolecular Hbond substituents is 1. The molecule has 1 aromatic heterocycles. The van der Waals surface area contributed by atoms with Gasteiger partial charge in [0.1, 0.15) is 23.7 Å². The second kappa shape index (κ2) is 8.07. The highest BCUT2D eigenvalue weighted by Crippen LogP contribution is 2.43. The van der Waals surface area contributed by atoms with Gasteiger partial charge in [0.25, 0.3) is 5.24 Å². The normalized spacial score (nSPS) is 22.6. The van der Waals surface area contributed by atoms with Gasteiger partial charge < -0.3 is 14.6 Å². The van der Waals surface area contributed by atoms with E-state index in [0.717, 1.165) is 58.2 Å². The minimum Gasteiger partial charge on any atom is -0.507 e. The van der Waals surface area contributed by atoms with Gasteiger partial charge in [-0.2, -0.15) is 0 Å². The van der Waals surface area contributed by atoms with Crippen LogP contribution in [0.2, 0.25) is 0 Å². The number of hydrogen-bond acceptors (Lipinski definition) is 7. The van der Waals surface area contributed by atoms with Crippen LogP contribution in [0.5, 0.6) is 17.4 Å². The van der Waals surface area contributed by atoms with Crippen LogP contribution in [0.1, 0.15) is 41.2 Å². The van der Waals surface area contributed by atoms with E-state index in [1.165, 1.54) is 0 Å². The maximum absolute atomic E-state index is 11.7. The lowest BCUT2D eigenvalue weighted by molar-refractivity contribution is -0.118. The number of imide groups is 1. The number of carbonyl (C=O) groups excluding carboxylic acids is 2. The van der Waals surface area contributed by atoms with Crippen LogP contribution in [0.3, 0.4) is 0 Å². The van der Waals surface area contributed by atoms with Crippen LogP contribution >= 0.6 is 11.8 Å². The summed E-state index contributed by atoms with van der Waals surface area (Å²) in [6.45, 7) is 8.16. The number of hydrogen-bond donors (Lipinski definition) is 2. The molecular formula is C23H26N2O5S. The Kier molecular flexibility index (Phi) is 5.60. The van der Waals surface area contributed by atoms with Gasteiger partial charge >= 0.3 is 0 Å². The van der Waals surface area contributed by atoms with E-state index in [1.807, 2.05) is 33.8 Å². The second-order valence-corrected chi connectivity index (χ2v) is 9.64. The second-order valence-electron chi connectivity index (χ2n) is 8.46. The first-order valence-electron chi connectivity index (χ1n) is 10.3. The standard InChI is InChI=1S/C23H26N2O5S/c1-12-13(2)20-16(14(3)19(12)26)7-8-23(4,30-20)11-29-18-6-5-15(10-24-18)9-17-21(27)25-22(28)31-17/h5-6,10,17,26H,7-9,11H2,1-4H3,(H,25,27,28). The summed E-state index contributed by atoms with van der Waals surface area (Å²) in [7, 11) is 0. The zero-order chi connectivity index (χ0) is 22.3. The average molecular weight is 443 g/mol. The van der Waals surface area contributed by atoms with E-state index in [9.17, 15) is 14.7 Å². The largest absolute Gasteiger partial charge is 0.507 e. The molecule has 2 amide bonds. The van der Waals surface area contributed by atoms with Crippen LogP contribution < -0.4 is 14.8 Å². The fraction of sp³-hybridized carbons (Fsp3) is 0.435. The summed E-state index contributed by atoms with van der Waals surface area (Å²) in [6.07, 6.45) is 3.69. The maximum atomic E-state index is 11.7. The molecule has 31 heavy (non-hydrogen) atoms. The lowest BCUT2D eigenvalue weighted by Gasteiger charge is -2.37. The molecular weight excluding hydrogens is 416 g/mol. The lowest BCUT2D eigenvalue weighted by Crippen LogP contribution is -2.42. The number of nitrogens with zero attached hydrogens (tertiary/aromatic N) is 1. The fourth-order valence-electron chi connectivity index (χ4n) is 3.98. The van der Waals surface area contributed by atoms with E-state index in [2.05, 4.69) is 10.3 Å². The predicted molar refractivity (Wildman–Crippen MR) is 118 cm³/mol. The number of fused-ring (bicyclic) bond motifs is 1. The van der Waals surface area contributed by atoms with E-state index in [-0.39, 0.29) is 11.1 Å². The first-order chi connectivity index (χ1) is 14.7. The number of carbonyl (C=O) groups is 2. The number of nitrogens with one attached hydrogen (secondary N) is 1. The van der Waals surface area contributed by atoms with E-state index in [0.29, 0.717) is 24.7 Å². The third-order valence-corrected chi connectivity index (χ3v) is 7.09. The van der Waals surface area contributed by atoms with Crippen LogP contribution in [0.4, 0.5) is 4.79 Å². The molecule has 1 aromatic carbocycles. The van der Waals surface area contributed by atoms with Gasteiger partial charge in [0.15, 0.2) is 0 Å². The number of pyridine rings is 1.